The van der Waals surface area contributed by atoms with Gasteiger partial charge in [-0.1, -0.05) is 42.5 Å². The molecule has 0 fully saturated rings. The number of hydrogen-bond acceptors (Lipinski definition) is 5. The smallest absolute Gasteiger partial charge is 0.310 e. The molecule has 6 rings (SSSR count). The van der Waals surface area contributed by atoms with Crippen LogP contribution in [0.3, 0.4) is 0 Å². The Hall–Kier alpha value is -2.17. The maximum atomic E-state index is 11.6. The molecular formula is C25H12Br3NO3S2. The van der Waals surface area contributed by atoms with Gasteiger partial charge in [0, 0.05) is 19.9 Å². The Morgan fingerprint density at radius 3 is 2.18 bits per heavy atom. The Bertz CT molecular complexity index is 1800. The summed E-state index contributed by atoms with van der Waals surface area (Å²) < 4.78 is 10.8. The average Bonchev–Trinajstić information content (AvgIpc) is 3.36. The van der Waals surface area contributed by atoms with Crippen LogP contribution in [0.15, 0.2) is 78.9 Å². The quantitative estimate of drug-likeness (QED) is 0.196. The second-order valence-corrected chi connectivity index (χ2v) is 12.1. The van der Waals surface area contributed by atoms with Gasteiger partial charge in [0.2, 0.25) is 10.9 Å². The van der Waals surface area contributed by atoms with Crippen LogP contribution in [0.5, 0.6) is 16.7 Å². The van der Waals surface area contributed by atoms with Gasteiger partial charge in [0.1, 0.15) is 0 Å². The molecule has 0 unspecified atom stereocenters. The van der Waals surface area contributed by atoms with E-state index < -0.39 is 0 Å². The fraction of sp³-hybridized carbons (Fsp3) is 0. The summed E-state index contributed by atoms with van der Waals surface area (Å²) >= 11 is 13.7. The van der Waals surface area contributed by atoms with Crippen LogP contribution in [0.2, 0.25) is 0 Å². The van der Waals surface area contributed by atoms with E-state index in [0.717, 1.165) is 37.7 Å². The third kappa shape index (κ3) is 3.53. The van der Waals surface area contributed by atoms with Crippen molar-refractivity contribution < 1.29 is 9.84 Å². The minimum Gasteiger partial charge on any atom is -0.491 e. The maximum Gasteiger partial charge on any atom is 0.310 e. The lowest BCUT2D eigenvalue weighted by Gasteiger charge is -2.15. The fourth-order valence-corrected chi connectivity index (χ4v) is 8.05. The molecule has 4 nitrogen and oxygen atoms in total. The molecule has 0 amide bonds. The zero-order valence-electron chi connectivity index (χ0n) is 17.0. The number of H-pyrrole nitrogens is 1. The summed E-state index contributed by atoms with van der Waals surface area (Å²) in [5.74, 6) is 0.186. The second kappa shape index (κ2) is 8.49. The van der Waals surface area contributed by atoms with Crippen LogP contribution < -0.4 is 9.61 Å². The molecule has 0 bridgehead atoms. The number of aromatic hydroxyl groups is 1. The first-order valence-corrected chi connectivity index (χ1v) is 14.0. The fourth-order valence-electron chi connectivity index (χ4n) is 4.17. The van der Waals surface area contributed by atoms with Gasteiger partial charge in [-0.15, -0.1) is 11.3 Å². The number of thiazole rings is 1. The predicted octanol–water partition coefficient (Wildman–Crippen LogP) is 9.41. The monoisotopic (exact) mass is 675 g/mol. The summed E-state index contributed by atoms with van der Waals surface area (Å²) in [5, 5.41) is 14.7. The lowest BCUT2D eigenvalue weighted by molar-refractivity contribution is 0.405. The van der Waals surface area contributed by atoms with Crippen molar-refractivity contribution in [1.82, 2.24) is 4.98 Å². The molecule has 34 heavy (non-hydrogen) atoms. The Kier molecular flexibility index (Phi) is 5.57. The number of aromatic amines is 1. The van der Waals surface area contributed by atoms with Crippen molar-refractivity contribution in [1.29, 1.82) is 0 Å². The van der Waals surface area contributed by atoms with Crippen LogP contribution in [0.1, 0.15) is 0 Å². The van der Waals surface area contributed by atoms with E-state index in [4.69, 9.17) is 4.74 Å². The number of hydrogen-bond donors (Lipinski definition) is 2. The van der Waals surface area contributed by atoms with Gasteiger partial charge in [0.25, 0.3) is 0 Å². The Labute approximate surface area is 226 Å². The first-order valence-electron chi connectivity index (χ1n) is 10.0. The summed E-state index contributed by atoms with van der Waals surface area (Å²) in [4.78, 5) is 13.5. The largest absolute Gasteiger partial charge is 0.491 e. The molecule has 168 valence electrons. The SMILES string of the molecule is O=c1[nH]c(O)c(Oc2c(Br)cc(-c3c4ccccc4c(Br)c4sc5ccccc5c34)cc2Br)s1. The van der Waals surface area contributed by atoms with E-state index >= 15 is 0 Å². The highest BCUT2D eigenvalue weighted by atomic mass is 79.9. The number of rotatable bonds is 3. The summed E-state index contributed by atoms with van der Waals surface area (Å²) in [7, 11) is 0. The highest BCUT2D eigenvalue weighted by Crippen LogP contribution is 2.50. The Balaban J connectivity index is 1.65. The number of nitrogens with one attached hydrogen (secondary N) is 1. The third-order valence-corrected chi connectivity index (χ3v) is 9.76. The third-order valence-electron chi connectivity index (χ3n) is 5.56. The normalized spacial score (nSPS) is 11.6. The van der Waals surface area contributed by atoms with Crippen molar-refractivity contribution in [2.75, 3.05) is 0 Å². The van der Waals surface area contributed by atoms with E-state index in [9.17, 15) is 9.90 Å². The number of ether oxygens (including phenoxy) is 1. The van der Waals surface area contributed by atoms with Gasteiger partial charge in [-0.3, -0.25) is 9.78 Å². The molecule has 0 spiro atoms. The van der Waals surface area contributed by atoms with E-state index in [1.54, 1.807) is 11.3 Å². The molecule has 4 aromatic carbocycles. The van der Waals surface area contributed by atoms with Crippen molar-refractivity contribution in [3.8, 4) is 27.8 Å². The minimum absolute atomic E-state index is 0.111. The van der Waals surface area contributed by atoms with Gasteiger partial charge in [-0.2, -0.15) is 0 Å². The number of thiophene rings is 1. The van der Waals surface area contributed by atoms with Crippen LogP contribution in [-0.2, 0) is 0 Å². The van der Waals surface area contributed by atoms with Crippen LogP contribution >= 0.6 is 70.5 Å². The second-order valence-electron chi connectivity index (χ2n) is 7.56. The maximum absolute atomic E-state index is 11.6. The van der Waals surface area contributed by atoms with Gasteiger partial charge in [-0.25, -0.2) is 0 Å². The van der Waals surface area contributed by atoms with Crippen molar-refractivity contribution in [2.24, 2.45) is 0 Å². The summed E-state index contributed by atoms with van der Waals surface area (Å²) in [5.41, 5.74) is 2.14. The van der Waals surface area contributed by atoms with Gasteiger partial charge < -0.3 is 9.84 Å². The molecule has 9 heteroatoms. The molecule has 0 saturated carbocycles. The van der Waals surface area contributed by atoms with Crippen LogP contribution in [-0.4, -0.2) is 10.1 Å². The summed E-state index contributed by atoms with van der Waals surface area (Å²) in [6.45, 7) is 0. The van der Waals surface area contributed by atoms with Gasteiger partial charge in [0.15, 0.2) is 5.75 Å². The van der Waals surface area contributed by atoms with E-state index in [2.05, 4.69) is 95.2 Å². The molecular weight excluding hydrogens is 666 g/mol. The van der Waals surface area contributed by atoms with Gasteiger partial charge >= 0.3 is 4.87 Å². The molecule has 0 aliphatic rings. The van der Waals surface area contributed by atoms with Crippen molar-refractivity contribution in [3.05, 3.63) is 83.7 Å². The number of benzene rings is 4. The standard InChI is InChI=1S/C25H12Br3NO3S2/c26-15-9-11(10-16(27)21(15)32-24-23(30)29-25(31)34-24)18-12-5-1-2-6-13(12)20(28)22-19(18)14-7-3-4-8-17(14)33-22/h1-10,30H,(H,29,31). The van der Waals surface area contributed by atoms with Crippen LogP contribution in [0.25, 0.3) is 42.1 Å². The lowest BCUT2D eigenvalue weighted by Crippen LogP contribution is -1.90. The highest BCUT2D eigenvalue weighted by Gasteiger charge is 2.21. The van der Waals surface area contributed by atoms with E-state index in [1.807, 2.05) is 18.2 Å². The van der Waals surface area contributed by atoms with Crippen molar-refractivity contribution >= 4 is 101 Å². The zero-order valence-corrected chi connectivity index (χ0v) is 23.4. The first kappa shape index (κ1) is 22.3. The molecule has 0 atom stereocenters. The summed E-state index contributed by atoms with van der Waals surface area (Å²) in [6, 6.07) is 20.8. The number of fused-ring (bicyclic) bond motifs is 4. The van der Waals surface area contributed by atoms with Gasteiger partial charge in [-0.05, 0) is 99.2 Å². The molecule has 0 radical (unpaired) electrons. The van der Waals surface area contributed by atoms with Crippen LogP contribution in [0, 0.1) is 0 Å². The molecule has 2 N–H and O–H groups in total. The first-order chi connectivity index (χ1) is 16.4. The van der Waals surface area contributed by atoms with Crippen molar-refractivity contribution in [2.45, 2.75) is 0 Å². The molecule has 2 heterocycles. The number of aromatic nitrogens is 1. The molecule has 0 aliphatic heterocycles. The molecule has 0 saturated heterocycles. The lowest BCUT2D eigenvalue weighted by atomic mass is 9.93. The minimum atomic E-state index is -0.385. The topological polar surface area (TPSA) is 62.3 Å². The van der Waals surface area contributed by atoms with Crippen molar-refractivity contribution in [3.63, 3.8) is 0 Å². The predicted molar refractivity (Wildman–Crippen MR) is 152 cm³/mol. The van der Waals surface area contributed by atoms with E-state index in [0.29, 0.717) is 14.7 Å². The summed E-state index contributed by atoms with van der Waals surface area (Å²) in [6.07, 6.45) is 0. The zero-order chi connectivity index (χ0) is 23.6. The van der Waals surface area contributed by atoms with Gasteiger partial charge in [0.05, 0.1) is 13.6 Å². The van der Waals surface area contributed by atoms with E-state index in [-0.39, 0.29) is 15.8 Å². The molecule has 2 aromatic heterocycles. The highest BCUT2D eigenvalue weighted by molar-refractivity contribution is 9.11. The van der Waals surface area contributed by atoms with E-state index in [1.165, 1.54) is 20.2 Å². The molecule has 0 aliphatic carbocycles. The number of halogens is 3. The average molecular weight is 678 g/mol. The Morgan fingerprint density at radius 2 is 1.50 bits per heavy atom. The molecule has 6 aromatic rings. The Morgan fingerprint density at radius 1 is 0.853 bits per heavy atom. The van der Waals surface area contributed by atoms with Crippen LogP contribution in [0.4, 0.5) is 0 Å².